The standard InChI is InChI=1S/C24H14N2O7S2/c27-22(15-4-3-11-25-13-15)26(35(31,32)16-9-7-14(8-10-16)23(28)29)19-12-20-21(33-24(30)34-20)18-6-2-1-5-17(18)19/h1-13H,(H,28,29). The van der Waals surface area contributed by atoms with E-state index in [1.165, 1.54) is 30.6 Å². The molecule has 11 heteroatoms. The van der Waals surface area contributed by atoms with Crippen LogP contribution < -0.4 is 9.24 Å². The highest BCUT2D eigenvalue weighted by Gasteiger charge is 2.34. The lowest BCUT2D eigenvalue weighted by Crippen LogP contribution is -2.37. The molecule has 0 bridgehead atoms. The van der Waals surface area contributed by atoms with Crippen LogP contribution in [0.2, 0.25) is 0 Å². The third kappa shape index (κ3) is 3.86. The fraction of sp³-hybridized carbons (Fsp3) is 0. The average Bonchev–Trinajstić information content (AvgIpc) is 3.25. The van der Waals surface area contributed by atoms with Crippen LogP contribution in [-0.2, 0) is 10.0 Å². The number of carbonyl (C=O) groups is 2. The summed E-state index contributed by atoms with van der Waals surface area (Å²) in [6.07, 6.45) is 2.69. The molecule has 0 saturated heterocycles. The van der Waals surface area contributed by atoms with Gasteiger partial charge in [-0.3, -0.25) is 9.78 Å². The first-order valence-electron chi connectivity index (χ1n) is 10.1. The van der Waals surface area contributed by atoms with Crippen molar-refractivity contribution >= 4 is 60.0 Å². The molecule has 9 nitrogen and oxygen atoms in total. The molecule has 0 fully saturated rings. The lowest BCUT2D eigenvalue weighted by molar-refractivity contribution is 0.0696. The summed E-state index contributed by atoms with van der Waals surface area (Å²) in [6.45, 7) is 0. The number of rotatable bonds is 5. The fourth-order valence-corrected chi connectivity index (χ4v) is 5.82. The number of aromatic nitrogens is 1. The van der Waals surface area contributed by atoms with Crippen molar-refractivity contribution in [3.63, 3.8) is 0 Å². The van der Waals surface area contributed by atoms with Crippen LogP contribution in [0.1, 0.15) is 20.7 Å². The summed E-state index contributed by atoms with van der Waals surface area (Å²) in [6, 6.07) is 15.6. The number of benzene rings is 3. The number of nitrogens with zero attached hydrogens (tertiary/aromatic N) is 2. The Hall–Kier alpha value is -4.35. The maximum Gasteiger partial charge on any atom is 0.396 e. The van der Waals surface area contributed by atoms with E-state index in [1.807, 2.05) is 0 Å². The zero-order valence-electron chi connectivity index (χ0n) is 17.6. The second-order valence-corrected chi connectivity index (χ2v) is 10.1. The Bertz CT molecular complexity index is 1770. The normalized spacial score (nSPS) is 11.5. The molecule has 5 rings (SSSR count). The van der Waals surface area contributed by atoms with Crippen LogP contribution >= 0.6 is 11.3 Å². The maximum atomic E-state index is 13.9. The topological polar surface area (TPSA) is 135 Å². The molecule has 5 aromatic rings. The van der Waals surface area contributed by atoms with Gasteiger partial charge in [0.25, 0.3) is 15.9 Å². The van der Waals surface area contributed by atoms with E-state index >= 15 is 0 Å². The lowest BCUT2D eigenvalue weighted by atomic mass is 10.1. The van der Waals surface area contributed by atoms with Gasteiger partial charge in [-0.05, 0) is 42.5 Å². The summed E-state index contributed by atoms with van der Waals surface area (Å²) >= 11 is 0.785. The fourth-order valence-electron chi connectivity index (χ4n) is 3.68. The number of amides is 1. The van der Waals surface area contributed by atoms with Gasteiger partial charge in [0, 0.05) is 23.2 Å². The van der Waals surface area contributed by atoms with Crippen molar-refractivity contribution in [1.82, 2.24) is 4.98 Å². The van der Waals surface area contributed by atoms with Gasteiger partial charge in [-0.15, -0.1) is 0 Å². The first-order chi connectivity index (χ1) is 16.8. The summed E-state index contributed by atoms with van der Waals surface area (Å²) in [5.41, 5.74) is 0.213. The third-order valence-electron chi connectivity index (χ3n) is 5.27. The number of carbonyl (C=O) groups excluding carboxylic acids is 1. The van der Waals surface area contributed by atoms with Crippen LogP contribution in [0.15, 0.2) is 93.2 Å². The molecule has 35 heavy (non-hydrogen) atoms. The van der Waals surface area contributed by atoms with Gasteiger partial charge in [0.1, 0.15) is 0 Å². The largest absolute Gasteiger partial charge is 0.478 e. The zero-order valence-corrected chi connectivity index (χ0v) is 19.2. The predicted molar refractivity (Wildman–Crippen MR) is 130 cm³/mol. The number of sulfonamides is 1. The van der Waals surface area contributed by atoms with Gasteiger partial charge in [0.2, 0.25) is 0 Å². The molecule has 2 aromatic heterocycles. The van der Waals surface area contributed by atoms with Crippen molar-refractivity contribution < 1.29 is 27.5 Å². The molecule has 0 atom stereocenters. The van der Waals surface area contributed by atoms with Gasteiger partial charge >= 0.3 is 10.9 Å². The number of pyridine rings is 1. The number of fused-ring (bicyclic) bond motifs is 3. The summed E-state index contributed by atoms with van der Waals surface area (Å²) in [5.74, 6) is -2.09. The molecule has 174 valence electrons. The Kier molecular flexibility index (Phi) is 5.42. The molecule has 3 aromatic carbocycles. The summed E-state index contributed by atoms with van der Waals surface area (Å²) < 4.78 is 34.1. The maximum absolute atomic E-state index is 13.9. The lowest BCUT2D eigenvalue weighted by Gasteiger charge is -2.24. The van der Waals surface area contributed by atoms with E-state index in [1.54, 1.807) is 24.3 Å². The van der Waals surface area contributed by atoms with Crippen LogP contribution in [0.5, 0.6) is 0 Å². The van der Waals surface area contributed by atoms with Gasteiger partial charge in [-0.1, -0.05) is 35.6 Å². The van der Waals surface area contributed by atoms with E-state index in [2.05, 4.69) is 4.98 Å². The van der Waals surface area contributed by atoms with Gasteiger partial charge in [0.15, 0.2) is 5.58 Å². The number of anilines is 1. The Morgan fingerprint density at radius 2 is 1.66 bits per heavy atom. The SMILES string of the molecule is O=C(O)c1ccc(S(=O)(=O)N(C(=O)c2cccnc2)c2cc3sc(=O)oc3c3ccccc23)cc1. The molecule has 0 aliphatic carbocycles. The van der Waals surface area contributed by atoms with E-state index < -0.39 is 26.8 Å². The Labute approximate surface area is 201 Å². The number of aromatic carboxylic acids is 1. The van der Waals surface area contributed by atoms with Crippen molar-refractivity contribution in [2.24, 2.45) is 0 Å². The summed E-state index contributed by atoms with van der Waals surface area (Å²) in [4.78, 5) is 39.9. The molecule has 0 aliphatic heterocycles. The minimum atomic E-state index is -4.54. The highest BCUT2D eigenvalue weighted by Crippen LogP contribution is 2.38. The van der Waals surface area contributed by atoms with Crippen LogP contribution in [0.3, 0.4) is 0 Å². The molecule has 0 spiro atoms. The molecule has 0 unspecified atom stereocenters. The quantitative estimate of drug-likeness (QED) is 0.376. The molecule has 0 aliphatic rings. The van der Waals surface area contributed by atoms with Crippen LogP contribution in [0.25, 0.3) is 21.1 Å². The molecule has 1 N–H and O–H groups in total. The molecule has 0 saturated carbocycles. The number of hydrogen-bond acceptors (Lipinski definition) is 8. The van der Waals surface area contributed by atoms with E-state index in [0.29, 0.717) is 19.8 Å². The summed E-state index contributed by atoms with van der Waals surface area (Å²) in [5, 5.41) is 9.99. The van der Waals surface area contributed by atoms with E-state index in [0.717, 1.165) is 35.6 Å². The van der Waals surface area contributed by atoms with Crippen molar-refractivity contribution in [3.05, 3.63) is 100.0 Å². The average molecular weight is 507 g/mol. The number of carboxylic acid groups (broad SMARTS) is 1. The van der Waals surface area contributed by atoms with E-state index in [4.69, 9.17) is 9.52 Å². The zero-order chi connectivity index (χ0) is 24.7. The molecule has 1 amide bonds. The van der Waals surface area contributed by atoms with Gasteiger partial charge in [-0.2, -0.15) is 4.31 Å². The van der Waals surface area contributed by atoms with E-state index in [9.17, 15) is 22.8 Å². The smallest absolute Gasteiger partial charge is 0.396 e. The highest BCUT2D eigenvalue weighted by molar-refractivity contribution is 7.93. The minimum absolute atomic E-state index is 0.0151. The minimum Gasteiger partial charge on any atom is -0.478 e. The first-order valence-corrected chi connectivity index (χ1v) is 12.3. The number of carboxylic acids is 1. The summed E-state index contributed by atoms with van der Waals surface area (Å²) in [7, 11) is -4.54. The highest BCUT2D eigenvalue weighted by atomic mass is 32.2. The monoisotopic (exact) mass is 506 g/mol. The third-order valence-corrected chi connectivity index (χ3v) is 7.75. The Balaban J connectivity index is 1.81. The Morgan fingerprint density at radius 1 is 0.943 bits per heavy atom. The van der Waals surface area contributed by atoms with Crippen molar-refractivity contribution in [1.29, 1.82) is 0 Å². The number of hydrogen-bond donors (Lipinski definition) is 1. The van der Waals surface area contributed by atoms with Gasteiger partial charge in [0.05, 0.1) is 26.4 Å². The second-order valence-electron chi connectivity index (χ2n) is 7.37. The Morgan fingerprint density at radius 3 is 2.31 bits per heavy atom. The van der Waals surface area contributed by atoms with Crippen molar-refractivity contribution in [3.8, 4) is 0 Å². The molecular weight excluding hydrogens is 492 g/mol. The molecular formula is C24H14N2O7S2. The van der Waals surface area contributed by atoms with Crippen molar-refractivity contribution in [2.75, 3.05) is 4.31 Å². The van der Waals surface area contributed by atoms with Crippen LogP contribution in [0.4, 0.5) is 5.69 Å². The molecule has 0 radical (unpaired) electrons. The van der Waals surface area contributed by atoms with Crippen molar-refractivity contribution in [2.45, 2.75) is 4.90 Å². The predicted octanol–water partition coefficient (Wildman–Crippen LogP) is 4.14. The molecule has 2 heterocycles. The van der Waals surface area contributed by atoms with Gasteiger partial charge < -0.3 is 9.52 Å². The van der Waals surface area contributed by atoms with Gasteiger partial charge in [-0.25, -0.2) is 18.0 Å². The first kappa shape index (κ1) is 22.4. The second kappa shape index (κ2) is 8.46. The van der Waals surface area contributed by atoms with Crippen LogP contribution in [0, 0.1) is 0 Å². The van der Waals surface area contributed by atoms with Crippen LogP contribution in [-0.4, -0.2) is 30.4 Å². The van der Waals surface area contributed by atoms with E-state index in [-0.39, 0.29) is 27.3 Å².